The predicted molar refractivity (Wildman–Crippen MR) is 118 cm³/mol. The maximum absolute atomic E-state index is 4.96. The summed E-state index contributed by atoms with van der Waals surface area (Å²) in [6.07, 6.45) is 10.6. The monoisotopic (exact) mass is 470 g/mol. The van der Waals surface area contributed by atoms with Crippen molar-refractivity contribution >= 4 is 39.5 Å². The molecule has 2 nitrogen and oxygen atoms in total. The van der Waals surface area contributed by atoms with Crippen molar-refractivity contribution in [2.24, 2.45) is 0 Å². The van der Waals surface area contributed by atoms with Gasteiger partial charge in [-0.1, -0.05) is 0 Å². The molecular weight excluding hydrogens is 431 g/mol. The van der Waals surface area contributed by atoms with Crippen molar-refractivity contribution in [2.45, 2.75) is 72.6 Å². The maximum atomic E-state index is 4.96. The molecule has 1 aromatic heterocycles. The quantitative estimate of drug-likeness (QED) is 0.388. The minimum absolute atomic E-state index is 1.16. The third kappa shape index (κ3) is 6.34. The molecule has 4 heteroatoms. The van der Waals surface area contributed by atoms with Gasteiger partial charge in [0, 0.05) is 0 Å². The standard InChI is InChI=1S/C9H11N2S.3C4H9.Sn/c1-2-4-10-9(3-1)11-5-7-12-8-6-11;3*1-3-4-2;/h1,3-4H,5-8H2;3*1,3-4H2,2H3;. The normalized spacial score (nSPS) is 15.6. The second-order valence-electron chi connectivity index (χ2n) is 7.60. The van der Waals surface area contributed by atoms with Crippen LogP contribution >= 0.6 is 11.8 Å². The van der Waals surface area contributed by atoms with Crippen molar-refractivity contribution in [3.8, 4) is 0 Å². The van der Waals surface area contributed by atoms with E-state index >= 15 is 0 Å². The third-order valence-corrected chi connectivity index (χ3v) is 22.2. The van der Waals surface area contributed by atoms with Crippen molar-refractivity contribution in [3.63, 3.8) is 0 Å². The second-order valence-corrected chi connectivity index (χ2v) is 22.1. The Bertz CT molecular complexity index is 450. The van der Waals surface area contributed by atoms with Gasteiger partial charge in [-0.05, 0) is 0 Å². The molecule has 0 aromatic carbocycles. The zero-order valence-corrected chi connectivity index (χ0v) is 20.4. The molecule has 0 amide bonds. The van der Waals surface area contributed by atoms with Crippen molar-refractivity contribution in [1.29, 1.82) is 0 Å². The first kappa shape index (κ1) is 21.4. The Morgan fingerprint density at radius 1 is 0.920 bits per heavy atom. The summed E-state index contributed by atoms with van der Waals surface area (Å²) < 4.78 is 6.31. The van der Waals surface area contributed by atoms with E-state index in [0.717, 1.165) is 13.1 Å². The molecule has 2 rings (SSSR count). The summed E-state index contributed by atoms with van der Waals surface area (Å²) in [4.78, 5) is 7.44. The Balaban J connectivity index is 2.20. The van der Waals surface area contributed by atoms with E-state index in [1.165, 1.54) is 69.2 Å². The van der Waals surface area contributed by atoms with Gasteiger partial charge in [0.05, 0.1) is 0 Å². The number of thioether (sulfide) groups is 1. The Labute approximate surface area is 164 Å². The van der Waals surface area contributed by atoms with Gasteiger partial charge in [-0.2, -0.15) is 0 Å². The van der Waals surface area contributed by atoms with Crippen LogP contribution in [0.5, 0.6) is 0 Å². The summed E-state index contributed by atoms with van der Waals surface area (Å²) >= 11 is -0.216. The molecule has 25 heavy (non-hydrogen) atoms. The van der Waals surface area contributed by atoms with Crippen LogP contribution in [0.15, 0.2) is 18.3 Å². The van der Waals surface area contributed by atoms with Crippen LogP contribution in [0.4, 0.5) is 5.82 Å². The van der Waals surface area contributed by atoms with Crippen molar-refractivity contribution in [3.05, 3.63) is 18.3 Å². The fourth-order valence-electron chi connectivity index (χ4n) is 4.03. The third-order valence-electron chi connectivity index (χ3n) is 5.72. The number of pyridine rings is 1. The summed E-state index contributed by atoms with van der Waals surface area (Å²) in [5, 5.41) is 0. The Kier molecular flexibility index (Phi) is 10.0. The molecule has 0 radical (unpaired) electrons. The summed E-state index contributed by atoms with van der Waals surface area (Å²) in [5.74, 6) is 3.71. The van der Waals surface area contributed by atoms with Crippen molar-refractivity contribution < 1.29 is 0 Å². The van der Waals surface area contributed by atoms with Crippen LogP contribution in [-0.2, 0) is 0 Å². The van der Waals surface area contributed by atoms with E-state index in [9.17, 15) is 0 Å². The molecule has 1 aliphatic rings. The van der Waals surface area contributed by atoms with Crippen LogP contribution in [0.1, 0.15) is 59.3 Å². The van der Waals surface area contributed by atoms with Gasteiger partial charge < -0.3 is 0 Å². The average molecular weight is 469 g/mol. The summed E-state index contributed by atoms with van der Waals surface area (Å²) in [5.41, 5.74) is 0. The predicted octanol–water partition coefficient (Wildman–Crippen LogP) is 5.69. The summed E-state index contributed by atoms with van der Waals surface area (Å²) in [6.45, 7) is 9.38. The van der Waals surface area contributed by atoms with E-state index in [1.54, 1.807) is 3.58 Å². The summed E-state index contributed by atoms with van der Waals surface area (Å²) in [6, 6.07) is 4.85. The molecule has 142 valence electrons. The van der Waals surface area contributed by atoms with Crippen LogP contribution in [-0.4, -0.2) is 48.0 Å². The molecule has 0 saturated carbocycles. The molecule has 0 unspecified atom stereocenters. The molecule has 0 N–H and O–H groups in total. The molecule has 0 spiro atoms. The zero-order valence-electron chi connectivity index (χ0n) is 16.7. The van der Waals surface area contributed by atoms with Gasteiger partial charge >= 0.3 is 165 Å². The number of nitrogens with zero attached hydrogens (tertiary/aromatic N) is 2. The molecule has 0 atom stereocenters. The number of anilines is 1. The molecule has 1 fully saturated rings. The molecule has 1 aromatic rings. The van der Waals surface area contributed by atoms with Gasteiger partial charge in [-0.15, -0.1) is 0 Å². The van der Waals surface area contributed by atoms with Gasteiger partial charge in [-0.3, -0.25) is 0 Å². The fourth-order valence-corrected chi connectivity index (χ4v) is 20.6. The van der Waals surface area contributed by atoms with Crippen LogP contribution in [0.3, 0.4) is 0 Å². The van der Waals surface area contributed by atoms with Crippen LogP contribution < -0.4 is 8.48 Å². The molecule has 1 saturated heterocycles. The molecular formula is C21H38N2SSn. The fraction of sp³-hybridized carbons (Fsp3) is 0.762. The van der Waals surface area contributed by atoms with Crippen molar-refractivity contribution in [1.82, 2.24) is 4.98 Å². The van der Waals surface area contributed by atoms with Gasteiger partial charge in [0.1, 0.15) is 0 Å². The number of aromatic nitrogens is 1. The first-order valence-electron chi connectivity index (χ1n) is 10.5. The van der Waals surface area contributed by atoms with E-state index in [-0.39, 0.29) is 0 Å². The van der Waals surface area contributed by atoms with E-state index in [2.05, 4.69) is 55.8 Å². The van der Waals surface area contributed by atoms with E-state index in [1.807, 2.05) is 0 Å². The SMILES string of the molecule is CCC[CH2][Sn]([CH2]CCC)([CH2]CCC)[c]1ccc(N2CCSCC2)nc1. The molecule has 0 bridgehead atoms. The Morgan fingerprint density at radius 2 is 1.48 bits per heavy atom. The number of unbranched alkanes of at least 4 members (excludes halogenated alkanes) is 3. The van der Waals surface area contributed by atoms with Crippen LogP contribution in [0.2, 0.25) is 13.3 Å². The van der Waals surface area contributed by atoms with Gasteiger partial charge in [0.2, 0.25) is 0 Å². The van der Waals surface area contributed by atoms with Gasteiger partial charge in [0.15, 0.2) is 0 Å². The number of hydrogen-bond donors (Lipinski definition) is 0. The van der Waals surface area contributed by atoms with Gasteiger partial charge in [0.25, 0.3) is 0 Å². The zero-order chi connectivity index (χ0) is 18.0. The van der Waals surface area contributed by atoms with Crippen molar-refractivity contribution in [2.75, 3.05) is 29.5 Å². The first-order valence-corrected chi connectivity index (χ1v) is 19.2. The topological polar surface area (TPSA) is 16.1 Å². The van der Waals surface area contributed by atoms with Crippen LogP contribution in [0, 0.1) is 0 Å². The average Bonchev–Trinajstić information content (AvgIpc) is 2.68. The van der Waals surface area contributed by atoms with E-state index < -0.39 is 18.4 Å². The van der Waals surface area contributed by atoms with E-state index in [4.69, 9.17) is 4.98 Å². The summed E-state index contributed by atoms with van der Waals surface area (Å²) in [7, 11) is 0. The molecule has 2 heterocycles. The Hall–Kier alpha value is 0.0987. The minimum atomic E-state index is -2.29. The second kappa shape index (κ2) is 11.7. The first-order chi connectivity index (χ1) is 12.3. The van der Waals surface area contributed by atoms with E-state index in [0.29, 0.717) is 0 Å². The molecule has 1 aliphatic heterocycles. The molecule has 0 aliphatic carbocycles. The number of rotatable bonds is 11. The van der Waals surface area contributed by atoms with Crippen LogP contribution in [0.25, 0.3) is 0 Å². The number of hydrogen-bond acceptors (Lipinski definition) is 3. The van der Waals surface area contributed by atoms with Gasteiger partial charge in [-0.25, -0.2) is 0 Å². The Morgan fingerprint density at radius 3 is 1.92 bits per heavy atom.